The van der Waals surface area contributed by atoms with Gasteiger partial charge < -0.3 is 14.9 Å². The van der Waals surface area contributed by atoms with Crippen molar-refractivity contribution in [1.82, 2.24) is 5.43 Å². The molecule has 1 amide bonds. The number of nitrogens with zero attached hydrogens (tertiary/aromatic N) is 1. The summed E-state index contributed by atoms with van der Waals surface area (Å²) in [7, 11) is 0. The molecule has 0 radical (unpaired) electrons. The number of nitrogens with one attached hydrogen (secondary N) is 1. The number of carbonyl (C=O) groups excluding carboxylic acids is 1. The predicted octanol–water partition coefficient (Wildman–Crippen LogP) is 2.78. The Balaban J connectivity index is 1.90. The summed E-state index contributed by atoms with van der Waals surface area (Å²) in [6.07, 6.45) is 0.542. The first-order valence-corrected chi connectivity index (χ1v) is 7.52. The smallest absolute Gasteiger partial charge is 0.280 e. The van der Waals surface area contributed by atoms with Crippen LogP contribution in [-0.4, -0.2) is 28.4 Å². The quantitative estimate of drug-likeness (QED) is 0.550. The molecule has 0 aliphatic rings. The molecule has 0 aromatic heterocycles. The minimum atomic E-state index is -0.734. The fraction of sp³-hybridized carbons (Fsp3) is 0.125. The molecular weight excluding hydrogens is 364 g/mol. The molecule has 7 heteroatoms. The summed E-state index contributed by atoms with van der Waals surface area (Å²) in [4.78, 5) is 11.9. The van der Waals surface area contributed by atoms with Gasteiger partial charge in [-0.05, 0) is 43.3 Å². The van der Waals surface area contributed by atoms with Crippen LogP contribution in [0.1, 0.15) is 12.5 Å². The van der Waals surface area contributed by atoms with Crippen molar-refractivity contribution in [1.29, 1.82) is 0 Å². The second-order valence-electron chi connectivity index (χ2n) is 4.69. The van der Waals surface area contributed by atoms with Crippen LogP contribution in [-0.2, 0) is 4.79 Å². The van der Waals surface area contributed by atoms with Gasteiger partial charge in [0.1, 0.15) is 17.2 Å². The van der Waals surface area contributed by atoms with Crippen molar-refractivity contribution in [3.63, 3.8) is 0 Å². The third-order valence-electron chi connectivity index (χ3n) is 2.89. The maximum absolute atomic E-state index is 11.9. The average Bonchev–Trinajstić information content (AvgIpc) is 2.51. The molecule has 3 N–H and O–H groups in total. The number of hydrazone groups is 1. The number of phenolic OH excluding ortho intramolecular Hbond substituents is 2. The summed E-state index contributed by atoms with van der Waals surface area (Å²) in [5, 5.41) is 22.5. The maximum atomic E-state index is 11.9. The average molecular weight is 379 g/mol. The third-order valence-corrected chi connectivity index (χ3v) is 3.42. The van der Waals surface area contributed by atoms with Crippen LogP contribution < -0.4 is 10.2 Å². The second-order valence-corrected chi connectivity index (χ2v) is 5.61. The number of hydrogen-bond acceptors (Lipinski definition) is 5. The van der Waals surface area contributed by atoms with Crippen LogP contribution in [0, 0.1) is 0 Å². The van der Waals surface area contributed by atoms with E-state index in [2.05, 4.69) is 26.5 Å². The van der Waals surface area contributed by atoms with E-state index in [1.807, 2.05) is 12.1 Å². The van der Waals surface area contributed by atoms with Crippen molar-refractivity contribution < 1.29 is 19.7 Å². The number of halogens is 1. The van der Waals surface area contributed by atoms with Gasteiger partial charge in [0.15, 0.2) is 6.10 Å². The standard InChI is InChI=1S/C16H15BrN2O4/c1-10(23-14-6-3-12(17)4-7-14)16(22)19-18-9-11-2-5-13(20)8-15(11)21/h2-10,20-21H,1H3,(H,19,22)/b18-9+. The number of ether oxygens (including phenoxy) is 1. The number of phenols is 2. The Labute approximate surface area is 141 Å². The van der Waals surface area contributed by atoms with Gasteiger partial charge in [0.05, 0.1) is 6.21 Å². The highest BCUT2D eigenvalue weighted by molar-refractivity contribution is 9.10. The van der Waals surface area contributed by atoms with Crippen LogP contribution in [0.4, 0.5) is 0 Å². The molecular formula is C16H15BrN2O4. The zero-order valence-electron chi connectivity index (χ0n) is 12.2. The molecule has 0 bridgehead atoms. The van der Waals surface area contributed by atoms with Crippen molar-refractivity contribution in [3.8, 4) is 17.2 Å². The van der Waals surface area contributed by atoms with E-state index in [-0.39, 0.29) is 11.5 Å². The number of aromatic hydroxyl groups is 2. The monoisotopic (exact) mass is 378 g/mol. The molecule has 0 aliphatic carbocycles. The van der Waals surface area contributed by atoms with Crippen LogP contribution >= 0.6 is 15.9 Å². The number of rotatable bonds is 5. The minimum Gasteiger partial charge on any atom is -0.508 e. The van der Waals surface area contributed by atoms with Gasteiger partial charge in [-0.3, -0.25) is 4.79 Å². The van der Waals surface area contributed by atoms with E-state index in [1.165, 1.54) is 24.4 Å². The first kappa shape index (κ1) is 16.8. The van der Waals surface area contributed by atoms with E-state index >= 15 is 0 Å². The normalized spacial score (nSPS) is 12.1. The summed E-state index contributed by atoms with van der Waals surface area (Å²) in [6, 6.07) is 11.2. The SMILES string of the molecule is CC(Oc1ccc(Br)cc1)C(=O)N/N=C/c1ccc(O)cc1O. The van der Waals surface area contributed by atoms with E-state index in [0.717, 1.165) is 4.47 Å². The van der Waals surface area contributed by atoms with Gasteiger partial charge in [0, 0.05) is 16.1 Å². The van der Waals surface area contributed by atoms with E-state index in [0.29, 0.717) is 11.3 Å². The molecule has 23 heavy (non-hydrogen) atoms. The van der Waals surface area contributed by atoms with E-state index in [9.17, 15) is 15.0 Å². The van der Waals surface area contributed by atoms with Gasteiger partial charge in [-0.2, -0.15) is 5.10 Å². The molecule has 0 spiro atoms. The molecule has 0 heterocycles. The van der Waals surface area contributed by atoms with Gasteiger partial charge in [-0.25, -0.2) is 5.43 Å². The van der Waals surface area contributed by atoms with Crippen molar-refractivity contribution in [2.24, 2.45) is 5.10 Å². The Hall–Kier alpha value is -2.54. The molecule has 6 nitrogen and oxygen atoms in total. The van der Waals surface area contributed by atoms with Crippen molar-refractivity contribution in [2.45, 2.75) is 13.0 Å². The van der Waals surface area contributed by atoms with Gasteiger partial charge in [0.2, 0.25) is 0 Å². The highest BCUT2D eigenvalue weighted by atomic mass is 79.9. The topological polar surface area (TPSA) is 91.2 Å². The Kier molecular flexibility index (Phi) is 5.59. The largest absolute Gasteiger partial charge is 0.508 e. The van der Waals surface area contributed by atoms with Crippen LogP contribution in [0.25, 0.3) is 0 Å². The molecule has 0 saturated carbocycles. The van der Waals surface area contributed by atoms with E-state index in [4.69, 9.17) is 4.74 Å². The highest BCUT2D eigenvalue weighted by Crippen LogP contribution is 2.20. The summed E-state index contributed by atoms with van der Waals surface area (Å²) in [5.41, 5.74) is 2.69. The fourth-order valence-electron chi connectivity index (χ4n) is 1.67. The molecule has 1 unspecified atom stereocenters. The number of carbonyl (C=O) groups is 1. The molecule has 2 rings (SSSR count). The molecule has 0 saturated heterocycles. The Morgan fingerprint density at radius 2 is 1.96 bits per heavy atom. The van der Waals surface area contributed by atoms with Crippen LogP contribution in [0.15, 0.2) is 52.0 Å². The Bertz CT molecular complexity index is 717. The lowest BCUT2D eigenvalue weighted by atomic mass is 10.2. The first-order chi connectivity index (χ1) is 11.0. The van der Waals surface area contributed by atoms with Crippen LogP contribution in [0.2, 0.25) is 0 Å². The van der Waals surface area contributed by atoms with Crippen LogP contribution in [0.5, 0.6) is 17.2 Å². The van der Waals surface area contributed by atoms with E-state index < -0.39 is 12.0 Å². The van der Waals surface area contributed by atoms with Gasteiger partial charge in [0.25, 0.3) is 5.91 Å². The molecule has 0 aliphatic heterocycles. The summed E-state index contributed by atoms with van der Waals surface area (Å²) < 4.78 is 6.40. The lowest BCUT2D eigenvalue weighted by Crippen LogP contribution is -2.33. The molecule has 0 fully saturated rings. The molecule has 120 valence electrons. The van der Waals surface area contributed by atoms with Crippen molar-refractivity contribution in [2.75, 3.05) is 0 Å². The second kappa shape index (κ2) is 7.64. The number of benzene rings is 2. The lowest BCUT2D eigenvalue weighted by molar-refractivity contribution is -0.127. The lowest BCUT2D eigenvalue weighted by Gasteiger charge is -2.12. The van der Waals surface area contributed by atoms with Crippen molar-refractivity contribution >= 4 is 28.1 Å². The Morgan fingerprint density at radius 3 is 2.61 bits per heavy atom. The minimum absolute atomic E-state index is 0.0554. The first-order valence-electron chi connectivity index (χ1n) is 6.73. The van der Waals surface area contributed by atoms with Crippen LogP contribution in [0.3, 0.4) is 0 Å². The zero-order valence-corrected chi connectivity index (χ0v) is 13.8. The Morgan fingerprint density at radius 1 is 1.26 bits per heavy atom. The van der Waals surface area contributed by atoms with Gasteiger partial charge in [-0.1, -0.05) is 15.9 Å². The molecule has 2 aromatic rings. The maximum Gasteiger partial charge on any atom is 0.280 e. The van der Waals surface area contributed by atoms with Gasteiger partial charge >= 0.3 is 0 Å². The summed E-state index contributed by atoms with van der Waals surface area (Å²) in [6.45, 7) is 1.60. The van der Waals surface area contributed by atoms with Gasteiger partial charge in [-0.15, -0.1) is 0 Å². The number of amides is 1. The highest BCUT2D eigenvalue weighted by Gasteiger charge is 2.13. The number of hydrogen-bond donors (Lipinski definition) is 3. The molecule has 2 aromatic carbocycles. The fourth-order valence-corrected chi connectivity index (χ4v) is 1.93. The van der Waals surface area contributed by atoms with Crippen molar-refractivity contribution in [3.05, 3.63) is 52.5 Å². The third kappa shape index (κ3) is 5.00. The zero-order chi connectivity index (χ0) is 16.8. The summed E-state index contributed by atoms with van der Waals surface area (Å²) in [5.74, 6) is -0.0548. The summed E-state index contributed by atoms with van der Waals surface area (Å²) >= 11 is 3.32. The molecule has 1 atom stereocenters. The van der Waals surface area contributed by atoms with E-state index in [1.54, 1.807) is 19.1 Å². The predicted molar refractivity (Wildman–Crippen MR) is 89.7 cm³/mol.